The molecule has 0 bridgehead atoms. The molecule has 1 atom stereocenters. The highest BCUT2D eigenvalue weighted by molar-refractivity contribution is 5.79. The average Bonchev–Trinajstić information content (AvgIpc) is 2.64. The Hall–Kier alpha value is -1.56. The molecule has 0 amide bonds. The number of nitrogens with one attached hydrogen (secondary N) is 1. The smallest absolute Gasteiger partial charge is 0.211 e. The van der Waals surface area contributed by atoms with Crippen LogP contribution in [0.3, 0.4) is 0 Å². The van der Waals surface area contributed by atoms with E-state index in [1.165, 1.54) is 0 Å². The van der Waals surface area contributed by atoms with E-state index in [1.54, 1.807) is 6.20 Å². The fraction of sp³-hybridized carbons (Fsp3) is 0.556. The summed E-state index contributed by atoms with van der Waals surface area (Å²) in [7, 11) is 0. The second-order valence-electron chi connectivity index (χ2n) is 3.33. The summed E-state index contributed by atoms with van der Waals surface area (Å²) >= 11 is 0. The normalized spacial score (nSPS) is 14.1. The average molecular weight is 212 g/mol. The highest BCUT2D eigenvalue weighted by Crippen LogP contribution is 2.11. The van der Waals surface area contributed by atoms with Crippen LogP contribution in [0.2, 0.25) is 0 Å². The lowest BCUT2D eigenvalue weighted by atomic mass is 10.3. The van der Waals surface area contributed by atoms with E-state index in [4.69, 9.17) is 15.4 Å². The van der Waals surface area contributed by atoms with Crippen LogP contribution in [0.15, 0.2) is 15.8 Å². The molecule has 0 aliphatic heterocycles. The number of nitrogens with two attached hydrogens (primary N) is 1. The molecular formula is C9H16N4O2. The minimum absolute atomic E-state index is 0.0187. The van der Waals surface area contributed by atoms with Gasteiger partial charge in [0.2, 0.25) is 5.89 Å². The van der Waals surface area contributed by atoms with Crippen LogP contribution in [0, 0.1) is 6.92 Å². The van der Waals surface area contributed by atoms with Crippen LogP contribution in [0.5, 0.6) is 0 Å². The Labute approximate surface area is 88.2 Å². The van der Waals surface area contributed by atoms with Gasteiger partial charge in [-0.05, 0) is 13.8 Å². The first-order chi connectivity index (χ1) is 7.13. The highest BCUT2D eigenvalue weighted by Gasteiger charge is 2.10. The van der Waals surface area contributed by atoms with Gasteiger partial charge in [0.25, 0.3) is 0 Å². The number of amidine groups is 1. The van der Waals surface area contributed by atoms with Gasteiger partial charge in [-0.1, -0.05) is 5.16 Å². The highest BCUT2D eigenvalue weighted by atomic mass is 16.4. The van der Waals surface area contributed by atoms with Crippen molar-refractivity contribution in [3.05, 3.63) is 17.8 Å². The Morgan fingerprint density at radius 1 is 1.80 bits per heavy atom. The Kier molecular flexibility index (Phi) is 4.11. The van der Waals surface area contributed by atoms with Gasteiger partial charge in [0.05, 0.1) is 12.2 Å². The van der Waals surface area contributed by atoms with Crippen LogP contribution in [0.25, 0.3) is 0 Å². The Bertz CT molecular complexity index is 335. The Balaban J connectivity index is 2.33. The quantitative estimate of drug-likeness (QED) is 0.290. The summed E-state index contributed by atoms with van der Waals surface area (Å²) in [4.78, 5) is 4.09. The molecule has 1 rings (SSSR count). The molecule has 0 aliphatic carbocycles. The molecule has 1 aromatic heterocycles. The first-order valence-corrected chi connectivity index (χ1v) is 4.75. The van der Waals surface area contributed by atoms with Crippen molar-refractivity contribution in [2.75, 3.05) is 6.54 Å². The van der Waals surface area contributed by atoms with Crippen LogP contribution in [-0.4, -0.2) is 22.6 Å². The van der Waals surface area contributed by atoms with Crippen LogP contribution in [0.4, 0.5) is 0 Å². The maximum Gasteiger partial charge on any atom is 0.211 e. The molecule has 1 unspecified atom stereocenters. The number of aryl methyl sites for hydroxylation is 1. The maximum absolute atomic E-state index is 8.32. The molecule has 1 aromatic rings. The van der Waals surface area contributed by atoms with Crippen molar-refractivity contribution >= 4 is 5.84 Å². The minimum atomic E-state index is 0.0187. The van der Waals surface area contributed by atoms with E-state index in [9.17, 15) is 0 Å². The van der Waals surface area contributed by atoms with Crippen LogP contribution in [-0.2, 0) is 0 Å². The number of aromatic nitrogens is 1. The second kappa shape index (κ2) is 5.35. The number of hydrogen-bond acceptors (Lipinski definition) is 5. The third-order valence-electron chi connectivity index (χ3n) is 1.97. The minimum Gasteiger partial charge on any atom is -0.444 e. The zero-order valence-corrected chi connectivity index (χ0v) is 8.90. The van der Waals surface area contributed by atoms with Crippen molar-refractivity contribution in [3.63, 3.8) is 0 Å². The summed E-state index contributed by atoms with van der Waals surface area (Å²) in [5, 5.41) is 14.4. The number of rotatable bonds is 5. The summed E-state index contributed by atoms with van der Waals surface area (Å²) in [5.41, 5.74) is 5.32. The molecule has 15 heavy (non-hydrogen) atoms. The lowest BCUT2D eigenvalue weighted by Gasteiger charge is -2.09. The summed E-state index contributed by atoms with van der Waals surface area (Å²) in [5.74, 6) is 1.64. The first-order valence-electron chi connectivity index (χ1n) is 4.75. The number of hydrogen-bond donors (Lipinski definition) is 3. The van der Waals surface area contributed by atoms with E-state index < -0.39 is 0 Å². The summed E-state index contributed by atoms with van der Waals surface area (Å²) < 4.78 is 5.34. The molecule has 0 saturated carbocycles. The van der Waals surface area contributed by atoms with Gasteiger partial charge < -0.3 is 20.7 Å². The van der Waals surface area contributed by atoms with Crippen LogP contribution in [0.1, 0.15) is 31.0 Å². The molecule has 0 spiro atoms. The van der Waals surface area contributed by atoms with Crippen molar-refractivity contribution in [2.45, 2.75) is 26.3 Å². The molecule has 0 radical (unpaired) electrons. The van der Waals surface area contributed by atoms with Crippen molar-refractivity contribution < 1.29 is 9.62 Å². The predicted octanol–water partition coefficient (Wildman–Crippen LogP) is 0.770. The molecule has 0 aromatic carbocycles. The fourth-order valence-electron chi connectivity index (χ4n) is 1.13. The van der Waals surface area contributed by atoms with Gasteiger partial charge in [-0.25, -0.2) is 4.98 Å². The number of nitrogens with zero attached hydrogens (tertiary/aromatic N) is 2. The zero-order valence-electron chi connectivity index (χ0n) is 8.90. The zero-order chi connectivity index (χ0) is 11.3. The lowest BCUT2D eigenvalue weighted by molar-refractivity contribution is 0.316. The van der Waals surface area contributed by atoms with Gasteiger partial charge in [-0.15, -0.1) is 0 Å². The lowest BCUT2D eigenvalue weighted by Crippen LogP contribution is -2.24. The summed E-state index contributed by atoms with van der Waals surface area (Å²) in [6.07, 6.45) is 2.16. The van der Waals surface area contributed by atoms with Gasteiger partial charge >= 0.3 is 0 Å². The van der Waals surface area contributed by atoms with E-state index in [2.05, 4.69) is 15.5 Å². The Morgan fingerprint density at radius 3 is 3.07 bits per heavy atom. The first kappa shape index (κ1) is 11.5. The molecule has 6 nitrogen and oxygen atoms in total. The van der Waals surface area contributed by atoms with E-state index in [1.807, 2.05) is 13.8 Å². The number of oxazole rings is 1. The topological polar surface area (TPSA) is 96.7 Å². The molecule has 0 aliphatic rings. The molecule has 84 valence electrons. The van der Waals surface area contributed by atoms with Crippen LogP contribution >= 0.6 is 0 Å². The standard InChI is InChI=1S/C9H16N4O2/c1-6-5-12-9(15-6)7(2)11-4-3-8(10)13-14/h5,7,11,14H,3-4H2,1-2H3,(H2,10,13). The predicted molar refractivity (Wildman–Crippen MR) is 55.7 cm³/mol. The third kappa shape index (κ3) is 3.59. The molecule has 0 saturated heterocycles. The maximum atomic E-state index is 8.32. The van der Waals surface area contributed by atoms with Gasteiger partial charge in [0.1, 0.15) is 11.6 Å². The molecular weight excluding hydrogens is 196 g/mol. The van der Waals surface area contributed by atoms with E-state index >= 15 is 0 Å². The fourth-order valence-corrected chi connectivity index (χ4v) is 1.13. The van der Waals surface area contributed by atoms with Gasteiger partial charge in [0, 0.05) is 13.0 Å². The van der Waals surface area contributed by atoms with Crippen molar-refractivity contribution in [1.82, 2.24) is 10.3 Å². The van der Waals surface area contributed by atoms with Crippen LogP contribution < -0.4 is 11.1 Å². The van der Waals surface area contributed by atoms with Crippen molar-refractivity contribution in [2.24, 2.45) is 10.9 Å². The van der Waals surface area contributed by atoms with Gasteiger partial charge in [-0.3, -0.25) is 0 Å². The van der Waals surface area contributed by atoms with E-state index in [0.717, 1.165) is 5.76 Å². The summed E-state index contributed by atoms with van der Waals surface area (Å²) in [6, 6.07) is 0.0187. The molecule has 1 heterocycles. The number of oxime groups is 1. The molecule has 4 N–H and O–H groups in total. The summed E-state index contributed by atoms with van der Waals surface area (Å²) in [6.45, 7) is 4.40. The molecule has 6 heteroatoms. The largest absolute Gasteiger partial charge is 0.444 e. The van der Waals surface area contributed by atoms with Crippen molar-refractivity contribution in [1.29, 1.82) is 0 Å². The van der Waals surface area contributed by atoms with Gasteiger partial charge in [0.15, 0.2) is 0 Å². The van der Waals surface area contributed by atoms with E-state index in [0.29, 0.717) is 18.9 Å². The Morgan fingerprint density at radius 2 is 2.53 bits per heavy atom. The monoisotopic (exact) mass is 212 g/mol. The van der Waals surface area contributed by atoms with Gasteiger partial charge in [-0.2, -0.15) is 0 Å². The second-order valence-corrected chi connectivity index (χ2v) is 3.33. The van der Waals surface area contributed by atoms with E-state index in [-0.39, 0.29) is 11.9 Å². The third-order valence-corrected chi connectivity index (χ3v) is 1.97. The molecule has 0 fully saturated rings. The van der Waals surface area contributed by atoms with Crippen molar-refractivity contribution in [3.8, 4) is 0 Å². The SMILES string of the molecule is Cc1cnc(C(C)NCC/C(N)=N/O)o1.